The lowest BCUT2D eigenvalue weighted by atomic mass is 10.1. The van der Waals surface area contributed by atoms with Crippen LogP contribution in [-0.2, 0) is 12.4 Å². The van der Waals surface area contributed by atoms with Crippen LogP contribution < -0.4 is 20.9 Å². The van der Waals surface area contributed by atoms with Gasteiger partial charge in [-0.15, -0.1) is 0 Å². The van der Waals surface area contributed by atoms with Crippen molar-refractivity contribution in [2.24, 2.45) is 0 Å². The van der Waals surface area contributed by atoms with Crippen molar-refractivity contribution in [1.82, 2.24) is 0 Å². The molecular formula is C20H14F6N2O2. The van der Waals surface area contributed by atoms with Crippen molar-refractivity contribution in [2.45, 2.75) is 12.4 Å². The van der Waals surface area contributed by atoms with E-state index >= 15 is 0 Å². The minimum Gasteiger partial charge on any atom is -0.453 e. The molecule has 0 aliphatic heterocycles. The van der Waals surface area contributed by atoms with Crippen molar-refractivity contribution in [2.75, 3.05) is 11.5 Å². The quantitative estimate of drug-likeness (QED) is 0.369. The molecular weight excluding hydrogens is 414 g/mol. The number of para-hydroxylation sites is 2. The Hall–Kier alpha value is -3.56. The summed E-state index contributed by atoms with van der Waals surface area (Å²) in [6.07, 6.45) is -9.37. The average molecular weight is 428 g/mol. The summed E-state index contributed by atoms with van der Waals surface area (Å²) >= 11 is 0. The minimum atomic E-state index is -4.68. The standard InChI is InChI=1S/C20H14F6N2O2/c21-19(22,23)13-9-11(5-7-15(13)27)29-17-3-1-2-4-18(17)30-12-6-8-16(28)14(10-12)20(24,25)26/h1-10H,27-28H2. The highest BCUT2D eigenvalue weighted by Crippen LogP contribution is 2.41. The lowest BCUT2D eigenvalue weighted by Gasteiger charge is -2.16. The molecule has 3 rings (SSSR count). The molecule has 3 aromatic carbocycles. The summed E-state index contributed by atoms with van der Waals surface area (Å²) in [5.74, 6) is -0.386. The van der Waals surface area contributed by atoms with Crippen LogP contribution in [0.5, 0.6) is 23.0 Å². The van der Waals surface area contributed by atoms with E-state index in [4.69, 9.17) is 20.9 Å². The molecule has 4 N–H and O–H groups in total. The zero-order valence-corrected chi connectivity index (χ0v) is 15.0. The summed E-state index contributed by atoms with van der Waals surface area (Å²) in [4.78, 5) is 0. The summed E-state index contributed by atoms with van der Waals surface area (Å²) < 4.78 is 89.2. The second-order valence-electron chi connectivity index (χ2n) is 6.14. The van der Waals surface area contributed by atoms with Gasteiger partial charge in [-0.3, -0.25) is 0 Å². The van der Waals surface area contributed by atoms with Gasteiger partial charge in [-0.2, -0.15) is 26.3 Å². The molecule has 158 valence electrons. The van der Waals surface area contributed by atoms with Gasteiger partial charge in [-0.05, 0) is 48.5 Å². The Morgan fingerprint density at radius 1 is 0.567 bits per heavy atom. The molecule has 0 aliphatic carbocycles. The molecule has 0 unspecified atom stereocenters. The molecule has 0 aromatic heterocycles. The third-order valence-corrected chi connectivity index (χ3v) is 3.97. The van der Waals surface area contributed by atoms with Gasteiger partial charge in [0.25, 0.3) is 0 Å². The molecule has 4 nitrogen and oxygen atoms in total. The predicted octanol–water partition coefficient (Wildman–Crippen LogP) is 6.47. The summed E-state index contributed by atoms with van der Waals surface area (Å²) in [7, 11) is 0. The Bertz CT molecular complexity index is 979. The van der Waals surface area contributed by atoms with Gasteiger partial charge in [0.15, 0.2) is 11.5 Å². The van der Waals surface area contributed by atoms with E-state index in [1.165, 1.54) is 36.4 Å². The number of hydrogen-bond donors (Lipinski definition) is 2. The highest BCUT2D eigenvalue weighted by molar-refractivity contribution is 5.55. The lowest BCUT2D eigenvalue weighted by Crippen LogP contribution is -2.09. The number of nitrogens with two attached hydrogens (primary N) is 2. The molecule has 0 fully saturated rings. The molecule has 3 aromatic rings. The van der Waals surface area contributed by atoms with Crippen molar-refractivity contribution < 1.29 is 35.8 Å². The topological polar surface area (TPSA) is 70.5 Å². The summed E-state index contributed by atoms with van der Waals surface area (Å²) in [6.45, 7) is 0. The summed E-state index contributed by atoms with van der Waals surface area (Å²) in [6, 6.07) is 11.8. The second kappa shape index (κ2) is 7.69. The van der Waals surface area contributed by atoms with Crippen molar-refractivity contribution in [3.63, 3.8) is 0 Å². The van der Waals surface area contributed by atoms with Crippen LogP contribution in [0.15, 0.2) is 60.7 Å². The highest BCUT2D eigenvalue weighted by Gasteiger charge is 2.34. The van der Waals surface area contributed by atoms with E-state index < -0.39 is 34.9 Å². The van der Waals surface area contributed by atoms with Crippen LogP contribution >= 0.6 is 0 Å². The van der Waals surface area contributed by atoms with Crippen LogP contribution in [0.25, 0.3) is 0 Å². The first kappa shape index (κ1) is 21.2. The first-order valence-corrected chi connectivity index (χ1v) is 8.33. The lowest BCUT2D eigenvalue weighted by molar-refractivity contribution is -0.137. The Kier molecular flexibility index (Phi) is 5.43. The Balaban J connectivity index is 1.92. The first-order chi connectivity index (χ1) is 13.9. The molecule has 0 spiro atoms. The zero-order chi connectivity index (χ0) is 22.1. The molecule has 0 bridgehead atoms. The van der Waals surface area contributed by atoms with Crippen LogP contribution in [0.1, 0.15) is 11.1 Å². The van der Waals surface area contributed by atoms with Crippen molar-refractivity contribution >= 4 is 11.4 Å². The van der Waals surface area contributed by atoms with Crippen molar-refractivity contribution in [1.29, 1.82) is 0 Å². The van der Waals surface area contributed by atoms with Gasteiger partial charge in [-0.1, -0.05) is 12.1 Å². The van der Waals surface area contributed by atoms with Crippen LogP contribution in [0.4, 0.5) is 37.7 Å². The molecule has 10 heteroatoms. The van der Waals surface area contributed by atoms with E-state index in [1.807, 2.05) is 0 Å². The number of anilines is 2. The van der Waals surface area contributed by atoms with Crippen molar-refractivity contribution in [3.05, 3.63) is 71.8 Å². The van der Waals surface area contributed by atoms with Crippen LogP contribution in [0.3, 0.4) is 0 Å². The van der Waals surface area contributed by atoms with Gasteiger partial charge in [0, 0.05) is 11.4 Å². The smallest absolute Gasteiger partial charge is 0.418 e. The van der Waals surface area contributed by atoms with Gasteiger partial charge in [0.05, 0.1) is 11.1 Å². The number of rotatable bonds is 4. The van der Waals surface area contributed by atoms with E-state index in [0.29, 0.717) is 0 Å². The van der Waals surface area contributed by atoms with Crippen LogP contribution in [0, 0.1) is 0 Å². The van der Waals surface area contributed by atoms with E-state index in [2.05, 4.69) is 0 Å². The Morgan fingerprint density at radius 2 is 0.933 bits per heavy atom. The fourth-order valence-corrected chi connectivity index (χ4v) is 2.56. The average Bonchev–Trinajstić information content (AvgIpc) is 2.64. The molecule has 0 amide bonds. The predicted molar refractivity (Wildman–Crippen MR) is 98.3 cm³/mol. The number of hydrogen-bond acceptors (Lipinski definition) is 4. The maximum Gasteiger partial charge on any atom is 0.418 e. The normalized spacial score (nSPS) is 11.9. The molecule has 0 heterocycles. The second-order valence-corrected chi connectivity index (χ2v) is 6.14. The summed E-state index contributed by atoms with van der Waals surface area (Å²) in [5.41, 5.74) is 7.62. The first-order valence-electron chi connectivity index (χ1n) is 8.33. The van der Waals surface area contributed by atoms with Crippen LogP contribution in [-0.4, -0.2) is 0 Å². The van der Waals surface area contributed by atoms with Gasteiger partial charge >= 0.3 is 12.4 Å². The van der Waals surface area contributed by atoms with E-state index in [1.54, 1.807) is 0 Å². The Labute approximate surface area is 166 Å². The van der Waals surface area contributed by atoms with Gasteiger partial charge < -0.3 is 20.9 Å². The van der Waals surface area contributed by atoms with E-state index in [9.17, 15) is 26.3 Å². The number of benzene rings is 3. The summed E-state index contributed by atoms with van der Waals surface area (Å²) in [5, 5.41) is 0. The molecule has 0 radical (unpaired) electrons. The molecule has 0 aliphatic rings. The van der Waals surface area contributed by atoms with Crippen molar-refractivity contribution in [3.8, 4) is 23.0 Å². The van der Waals surface area contributed by atoms with Gasteiger partial charge in [-0.25, -0.2) is 0 Å². The number of halogens is 6. The van der Waals surface area contributed by atoms with E-state index in [-0.39, 0.29) is 23.0 Å². The fourth-order valence-electron chi connectivity index (χ4n) is 2.56. The number of ether oxygens (including phenoxy) is 2. The molecule has 0 atom stereocenters. The number of nitrogen functional groups attached to an aromatic ring is 2. The molecule has 30 heavy (non-hydrogen) atoms. The fraction of sp³-hybridized carbons (Fsp3) is 0.100. The highest BCUT2D eigenvalue weighted by atomic mass is 19.4. The third kappa shape index (κ3) is 4.70. The molecule has 0 saturated carbocycles. The SMILES string of the molecule is Nc1ccc(Oc2ccccc2Oc2ccc(N)c(C(F)(F)F)c2)cc1C(F)(F)F. The van der Waals surface area contributed by atoms with Gasteiger partial charge in [0.1, 0.15) is 11.5 Å². The maximum atomic E-state index is 13.0. The van der Waals surface area contributed by atoms with Gasteiger partial charge in [0.2, 0.25) is 0 Å². The third-order valence-electron chi connectivity index (χ3n) is 3.97. The van der Waals surface area contributed by atoms with E-state index in [0.717, 1.165) is 24.3 Å². The minimum absolute atomic E-state index is 0.0132. The largest absolute Gasteiger partial charge is 0.453 e. The zero-order valence-electron chi connectivity index (χ0n) is 15.0. The van der Waals surface area contributed by atoms with Crippen LogP contribution in [0.2, 0.25) is 0 Å². The maximum absolute atomic E-state index is 13.0. The monoisotopic (exact) mass is 428 g/mol. The number of alkyl halides is 6. The Morgan fingerprint density at radius 3 is 1.27 bits per heavy atom. The molecule has 0 saturated heterocycles.